The Morgan fingerprint density at radius 2 is 2.00 bits per heavy atom. The van der Waals surface area contributed by atoms with Crippen LogP contribution in [-0.2, 0) is 4.57 Å². The van der Waals surface area contributed by atoms with Crippen molar-refractivity contribution < 1.29 is 23.1 Å². The molecular weight excluding hydrogens is 189 g/mol. The highest BCUT2D eigenvalue weighted by Gasteiger charge is 2.23. The Morgan fingerprint density at radius 3 is 2.42 bits per heavy atom. The van der Waals surface area contributed by atoms with Crippen molar-refractivity contribution in [2.75, 3.05) is 0 Å². The second-order valence-electron chi connectivity index (χ2n) is 2.03. The maximum atomic E-state index is 12.6. The quantitative estimate of drug-likeness (QED) is 0.641. The maximum absolute atomic E-state index is 12.6. The van der Waals surface area contributed by atoms with Crippen LogP contribution in [0.1, 0.15) is 0 Å². The Bertz CT molecular complexity index is 347. The van der Waals surface area contributed by atoms with Crippen molar-refractivity contribution in [3.05, 3.63) is 29.8 Å². The van der Waals surface area contributed by atoms with Gasteiger partial charge < -0.3 is 9.79 Å². The summed E-state index contributed by atoms with van der Waals surface area (Å²) in [6.45, 7) is 0. The van der Waals surface area contributed by atoms with Gasteiger partial charge in [-0.2, -0.15) is 0 Å². The van der Waals surface area contributed by atoms with Gasteiger partial charge in [-0.25, -0.2) is 8.78 Å². The van der Waals surface area contributed by atoms with Crippen LogP contribution in [0.25, 0.3) is 0 Å². The van der Waals surface area contributed by atoms with E-state index in [0.29, 0.717) is 0 Å². The van der Waals surface area contributed by atoms with Crippen LogP contribution in [0.15, 0.2) is 12.1 Å². The summed E-state index contributed by atoms with van der Waals surface area (Å²) >= 11 is 0. The van der Waals surface area contributed by atoms with Gasteiger partial charge in [0.2, 0.25) is 0 Å². The average molecular weight is 193 g/mol. The lowest BCUT2D eigenvalue weighted by atomic mass is 10.3. The van der Waals surface area contributed by atoms with Crippen molar-refractivity contribution in [3.63, 3.8) is 0 Å². The van der Waals surface area contributed by atoms with Crippen molar-refractivity contribution in [1.82, 2.24) is 0 Å². The van der Waals surface area contributed by atoms with Crippen LogP contribution in [0.4, 0.5) is 8.78 Å². The Kier molecular flexibility index (Phi) is 2.28. The van der Waals surface area contributed by atoms with Gasteiger partial charge in [-0.05, 0) is 6.07 Å². The minimum absolute atomic E-state index is 0.791. The molecule has 0 spiro atoms. The Hall–Kier alpha value is -0.770. The second kappa shape index (κ2) is 2.94. The highest BCUT2D eigenvalue weighted by molar-refractivity contribution is 7.60. The molecule has 1 rings (SSSR count). The molecule has 3 nitrogen and oxygen atoms in total. The van der Waals surface area contributed by atoms with Crippen LogP contribution < -0.4 is 5.30 Å². The molecule has 0 heterocycles. The maximum Gasteiger partial charge on any atom is 0.359 e. The van der Waals surface area contributed by atoms with E-state index in [9.17, 15) is 13.3 Å². The highest BCUT2D eigenvalue weighted by atomic mass is 31.2. The molecule has 0 aliphatic heterocycles. The molecule has 0 amide bonds. The van der Waals surface area contributed by atoms with Gasteiger partial charge in [0, 0.05) is 6.07 Å². The van der Waals surface area contributed by atoms with Gasteiger partial charge in [-0.1, -0.05) is 6.07 Å². The predicted molar refractivity (Wildman–Crippen MR) is 36.9 cm³/mol. The molecule has 0 saturated heterocycles. The van der Waals surface area contributed by atoms with E-state index in [1.54, 1.807) is 0 Å². The molecule has 0 aliphatic carbocycles. The standard InChI is InChI=1S/C6H4F2O3P/c7-4-2-1-3-5(6(4)8)12(9,10)11/h1,3H,(H2,9,10,11). The first kappa shape index (κ1) is 9.32. The SMILES string of the molecule is O=P(O)(O)c1cc[c]c(F)c1F. The molecule has 12 heavy (non-hydrogen) atoms. The van der Waals surface area contributed by atoms with E-state index < -0.39 is 24.5 Å². The fourth-order valence-corrected chi connectivity index (χ4v) is 1.29. The smallest absolute Gasteiger partial charge is 0.321 e. The minimum Gasteiger partial charge on any atom is -0.321 e. The molecule has 0 unspecified atom stereocenters. The van der Waals surface area contributed by atoms with Gasteiger partial charge in [0.15, 0.2) is 11.6 Å². The van der Waals surface area contributed by atoms with Gasteiger partial charge in [0.05, 0.1) is 0 Å². The molecule has 1 aromatic carbocycles. The van der Waals surface area contributed by atoms with Crippen molar-refractivity contribution >= 4 is 12.9 Å². The van der Waals surface area contributed by atoms with E-state index in [2.05, 4.69) is 0 Å². The van der Waals surface area contributed by atoms with Crippen LogP contribution in [-0.4, -0.2) is 9.79 Å². The predicted octanol–water partition coefficient (Wildman–Crippen LogP) is 0.568. The fourth-order valence-electron chi connectivity index (χ4n) is 0.668. The third-order valence-corrected chi connectivity index (χ3v) is 2.16. The van der Waals surface area contributed by atoms with Crippen LogP contribution in [0.2, 0.25) is 0 Å². The third-order valence-electron chi connectivity index (χ3n) is 1.18. The number of halogens is 2. The topological polar surface area (TPSA) is 57.5 Å². The van der Waals surface area contributed by atoms with Crippen molar-refractivity contribution in [1.29, 1.82) is 0 Å². The lowest BCUT2D eigenvalue weighted by Gasteiger charge is -2.04. The number of hydrogen-bond donors (Lipinski definition) is 2. The molecular formula is C6H4F2O3P. The monoisotopic (exact) mass is 193 g/mol. The summed E-state index contributed by atoms with van der Waals surface area (Å²) < 4.78 is 35.4. The first-order valence-corrected chi connectivity index (χ1v) is 4.46. The average Bonchev–Trinajstić information content (AvgIpc) is 1.92. The van der Waals surface area contributed by atoms with E-state index in [0.717, 1.165) is 12.1 Å². The first-order valence-electron chi connectivity index (χ1n) is 2.84. The van der Waals surface area contributed by atoms with Gasteiger partial charge in [0.1, 0.15) is 5.30 Å². The van der Waals surface area contributed by atoms with Crippen LogP contribution in [0, 0.1) is 17.7 Å². The van der Waals surface area contributed by atoms with Crippen LogP contribution in [0.3, 0.4) is 0 Å². The highest BCUT2D eigenvalue weighted by Crippen LogP contribution is 2.34. The van der Waals surface area contributed by atoms with Crippen LogP contribution in [0.5, 0.6) is 0 Å². The minimum atomic E-state index is -4.72. The number of rotatable bonds is 1. The summed E-state index contributed by atoms with van der Waals surface area (Å²) in [7, 11) is -4.72. The van der Waals surface area contributed by atoms with E-state index >= 15 is 0 Å². The second-order valence-corrected chi connectivity index (χ2v) is 3.60. The summed E-state index contributed by atoms with van der Waals surface area (Å²) in [5.74, 6) is -2.94. The zero-order valence-electron chi connectivity index (χ0n) is 5.66. The Balaban J connectivity index is 3.36. The third kappa shape index (κ3) is 1.69. The molecule has 0 bridgehead atoms. The van der Waals surface area contributed by atoms with Gasteiger partial charge in [-0.3, -0.25) is 4.57 Å². The largest absolute Gasteiger partial charge is 0.359 e. The summed E-state index contributed by atoms with van der Waals surface area (Å²) in [5, 5.41) is -0.946. The van der Waals surface area contributed by atoms with E-state index in [4.69, 9.17) is 9.79 Å². The molecule has 65 valence electrons. The molecule has 0 atom stereocenters. The van der Waals surface area contributed by atoms with Gasteiger partial charge in [0.25, 0.3) is 0 Å². The molecule has 1 aromatic rings. The molecule has 0 fully saturated rings. The molecule has 0 aliphatic rings. The van der Waals surface area contributed by atoms with E-state index in [1.807, 2.05) is 6.07 Å². The number of hydrogen-bond acceptors (Lipinski definition) is 1. The zero-order chi connectivity index (χ0) is 9.35. The first-order chi connectivity index (χ1) is 5.43. The molecule has 1 radical (unpaired) electrons. The molecule has 6 heteroatoms. The normalized spacial score (nSPS) is 11.7. The molecule has 0 aromatic heterocycles. The number of benzene rings is 1. The summed E-state index contributed by atoms with van der Waals surface area (Å²) in [6.07, 6.45) is 0. The molecule has 0 saturated carbocycles. The summed E-state index contributed by atoms with van der Waals surface area (Å²) in [5.41, 5.74) is 0. The van der Waals surface area contributed by atoms with E-state index in [-0.39, 0.29) is 0 Å². The summed E-state index contributed by atoms with van der Waals surface area (Å²) in [6, 6.07) is 3.53. The zero-order valence-corrected chi connectivity index (χ0v) is 6.55. The van der Waals surface area contributed by atoms with E-state index in [1.165, 1.54) is 0 Å². The van der Waals surface area contributed by atoms with Crippen molar-refractivity contribution in [2.45, 2.75) is 0 Å². The van der Waals surface area contributed by atoms with Crippen LogP contribution >= 0.6 is 7.60 Å². The fraction of sp³-hybridized carbons (Fsp3) is 0. The van der Waals surface area contributed by atoms with Crippen molar-refractivity contribution in [2.24, 2.45) is 0 Å². The summed E-state index contributed by atoms with van der Waals surface area (Å²) in [4.78, 5) is 17.0. The Labute approximate surface area is 66.8 Å². The van der Waals surface area contributed by atoms with Crippen molar-refractivity contribution in [3.8, 4) is 0 Å². The van der Waals surface area contributed by atoms with Gasteiger partial charge >= 0.3 is 7.60 Å². The molecule has 2 N–H and O–H groups in total. The lowest BCUT2D eigenvalue weighted by Crippen LogP contribution is -2.10. The van der Waals surface area contributed by atoms with Gasteiger partial charge in [-0.15, -0.1) is 0 Å². The Morgan fingerprint density at radius 1 is 1.42 bits per heavy atom. The lowest BCUT2D eigenvalue weighted by molar-refractivity contribution is 0.384.